The molecule has 6 nitrogen and oxygen atoms in total. The van der Waals surface area contributed by atoms with Crippen molar-refractivity contribution in [3.8, 4) is 0 Å². The first-order valence-electron chi connectivity index (χ1n) is 9.92. The van der Waals surface area contributed by atoms with Crippen LogP contribution in [0, 0.1) is 24.7 Å². The zero-order valence-corrected chi connectivity index (χ0v) is 16.6. The fourth-order valence-electron chi connectivity index (χ4n) is 4.96. The topological polar surface area (TPSA) is 75.7 Å². The third-order valence-corrected chi connectivity index (χ3v) is 8.43. The number of aryl methyl sites for hydroxylation is 1. The Kier molecular flexibility index (Phi) is 5.27. The van der Waals surface area contributed by atoms with Crippen molar-refractivity contribution < 1.29 is 17.9 Å². The van der Waals surface area contributed by atoms with Crippen molar-refractivity contribution in [3.05, 3.63) is 23.8 Å². The van der Waals surface area contributed by atoms with E-state index >= 15 is 0 Å². The lowest BCUT2D eigenvalue weighted by atomic mass is 9.86. The molecule has 3 aliphatic rings. The number of morpholine rings is 1. The Hall–Kier alpha value is -1.44. The number of carbonyl (C=O) groups excluding carboxylic acids is 1. The fourth-order valence-corrected chi connectivity index (χ4v) is 6.62. The van der Waals surface area contributed by atoms with E-state index in [4.69, 9.17) is 4.74 Å². The maximum atomic E-state index is 13.0. The number of benzene rings is 1. The fraction of sp³-hybridized carbons (Fsp3) is 0.650. The average molecular weight is 393 g/mol. The molecule has 27 heavy (non-hydrogen) atoms. The van der Waals surface area contributed by atoms with E-state index in [1.807, 2.05) is 0 Å². The lowest BCUT2D eigenvalue weighted by Gasteiger charge is -2.27. The number of hydrogen-bond donors (Lipinski definition) is 1. The van der Waals surface area contributed by atoms with Crippen LogP contribution in [0.4, 0.5) is 5.69 Å². The van der Waals surface area contributed by atoms with Crippen LogP contribution in [0.25, 0.3) is 0 Å². The predicted molar refractivity (Wildman–Crippen MR) is 103 cm³/mol. The molecule has 0 unspecified atom stereocenters. The number of nitrogens with zero attached hydrogens (tertiary/aromatic N) is 1. The van der Waals surface area contributed by atoms with Crippen molar-refractivity contribution in [1.29, 1.82) is 0 Å². The summed E-state index contributed by atoms with van der Waals surface area (Å²) in [6, 6.07) is 5.14. The molecule has 1 amide bonds. The highest BCUT2D eigenvalue weighted by Crippen LogP contribution is 2.49. The number of nitrogens with one attached hydrogen (secondary N) is 1. The Balaban J connectivity index is 1.46. The van der Waals surface area contributed by atoms with Crippen LogP contribution in [0.1, 0.15) is 37.7 Å². The van der Waals surface area contributed by atoms with Gasteiger partial charge in [-0.2, -0.15) is 4.31 Å². The number of ether oxygens (including phenoxy) is 1. The highest BCUT2D eigenvalue weighted by atomic mass is 32.2. The first kappa shape index (κ1) is 18.9. The second kappa shape index (κ2) is 7.53. The number of anilines is 1. The number of fused-ring (bicyclic) bond motifs is 2. The van der Waals surface area contributed by atoms with Gasteiger partial charge in [-0.05, 0) is 61.6 Å². The van der Waals surface area contributed by atoms with Crippen LogP contribution in [0.15, 0.2) is 23.1 Å². The Morgan fingerprint density at radius 3 is 2.67 bits per heavy atom. The molecule has 7 heteroatoms. The highest BCUT2D eigenvalue weighted by molar-refractivity contribution is 7.89. The third kappa shape index (κ3) is 3.91. The molecule has 1 N–H and O–H groups in total. The SMILES string of the molecule is Cc1ccc(NC(=O)C[C@H]2C[C@@H]3CC[C@@H]2C3)cc1S(=O)(=O)N1CCOCC1. The molecule has 3 fully saturated rings. The second-order valence-corrected chi connectivity index (χ2v) is 10.1. The summed E-state index contributed by atoms with van der Waals surface area (Å²) in [5, 5.41) is 2.92. The lowest BCUT2D eigenvalue weighted by Crippen LogP contribution is -2.40. The van der Waals surface area contributed by atoms with Gasteiger partial charge in [0.05, 0.1) is 18.1 Å². The van der Waals surface area contributed by atoms with E-state index in [-0.39, 0.29) is 10.8 Å². The van der Waals surface area contributed by atoms with Gasteiger partial charge in [-0.25, -0.2) is 8.42 Å². The molecule has 2 aliphatic carbocycles. The van der Waals surface area contributed by atoms with Crippen LogP contribution in [0.5, 0.6) is 0 Å². The third-order valence-electron chi connectivity index (χ3n) is 6.39. The Morgan fingerprint density at radius 1 is 1.22 bits per heavy atom. The van der Waals surface area contributed by atoms with Gasteiger partial charge in [-0.15, -0.1) is 0 Å². The molecule has 0 radical (unpaired) electrons. The quantitative estimate of drug-likeness (QED) is 0.836. The van der Waals surface area contributed by atoms with Crippen LogP contribution in [-0.2, 0) is 19.6 Å². The van der Waals surface area contributed by atoms with E-state index in [1.54, 1.807) is 25.1 Å². The van der Waals surface area contributed by atoms with Gasteiger partial charge in [0, 0.05) is 25.2 Å². The van der Waals surface area contributed by atoms with Crippen molar-refractivity contribution in [2.45, 2.75) is 43.9 Å². The van der Waals surface area contributed by atoms with Gasteiger partial charge < -0.3 is 10.1 Å². The van der Waals surface area contributed by atoms with Gasteiger partial charge in [0.25, 0.3) is 0 Å². The minimum Gasteiger partial charge on any atom is -0.379 e. The largest absolute Gasteiger partial charge is 0.379 e. The zero-order chi connectivity index (χ0) is 19.0. The maximum Gasteiger partial charge on any atom is 0.243 e. The summed E-state index contributed by atoms with van der Waals surface area (Å²) in [7, 11) is -3.58. The first-order valence-corrected chi connectivity index (χ1v) is 11.4. The molecule has 0 spiro atoms. The van der Waals surface area contributed by atoms with E-state index in [9.17, 15) is 13.2 Å². The van der Waals surface area contributed by atoms with E-state index in [1.165, 1.54) is 30.0 Å². The molecule has 1 heterocycles. The molecule has 1 aromatic carbocycles. The highest BCUT2D eigenvalue weighted by Gasteiger charge is 2.40. The molecular formula is C20H28N2O4S. The van der Waals surface area contributed by atoms with Crippen LogP contribution >= 0.6 is 0 Å². The maximum absolute atomic E-state index is 13.0. The van der Waals surface area contributed by atoms with Crippen LogP contribution < -0.4 is 5.32 Å². The number of carbonyl (C=O) groups is 1. The van der Waals surface area contributed by atoms with Gasteiger partial charge in [-0.1, -0.05) is 12.5 Å². The van der Waals surface area contributed by atoms with Crippen molar-refractivity contribution >= 4 is 21.6 Å². The van der Waals surface area contributed by atoms with Crippen molar-refractivity contribution in [3.63, 3.8) is 0 Å². The molecule has 1 aliphatic heterocycles. The normalized spacial score (nSPS) is 28.4. The summed E-state index contributed by atoms with van der Waals surface area (Å²) in [6.07, 6.45) is 5.58. The monoisotopic (exact) mass is 392 g/mol. The summed E-state index contributed by atoms with van der Waals surface area (Å²) in [6.45, 7) is 3.34. The Labute approximate surface area is 161 Å². The molecule has 3 atom stereocenters. The van der Waals surface area contributed by atoms with Crippen molar-refractivity contribution in [2.75, 3.05) is 31.6 Å². The summed E-state index contributed by atoms with van der Waals surface area (Å²) < 4.78 is 32.7. The van der Waals surface area contributed by atoms with Gasteiger partial charge in [0.15, 0.2) is 0 Å². The van der Waals surface area contributed by atoms with E-state index in [0.717, 1.165) is 5.92 Å². The number of hydrogen-bond acceptors (Lipinski definition) is 4. The van der Waals surface area contributed by atoms with Gasteiger partial charge >= 0.3 is 0 Å². The minimum absolute atomic E-state index is 0.00822. The number of rotatable bonds is 5. The van der Waals surface area contributed by atoms with Gasteiger partial charge in [-0.3, -0.25) is 4.79 Å². The Morgan fingerprint density at radius 2 is 2.00 bits per heavy atom. The van der Waals surface area contributed by atoms with Crippen LogP contribution in [-0.4, -0.2) is 44.9 Å². The molecule has 0 aromatic heterocycles. The second-order valence-electron chi connectivity index (χ2n) is 8.18. The average Bonchev–Trinajstić information content (AvgIpc) is 3.27. The van der Waals surface area contributed by atoms with Crippen LogP contribution in [0.3, 0.4) is 0 Å². The minimum atomic E-state index is -3.58. The zero-order valence-electron chi connectivity index (χ0n) is 15.8. The molecule has 2 saturated carbocycles. The smallest absolute Gasteiger partial charge is 0.243 e. The summed E-state index contributed by atoms with van der Waals surface area (Å²) in [5.74, 6) is 2.00. The molecule has 1 saturated heterocycles. The van der Waals surface area contributed by atoms with Crippen molar-refractivity contribution in [2.24, 2.45) is 17.8 Å². The molecule has 148 valence electrons. The van der Waals surface area contributed by atoms with E-state index < -0.39 is 10.0 Å². The van der Waals surface area contributed by atoms with Gasteiger partial charge in [0.2, 0.25) is 15.9 Å². The molecule has 1 aromatic rings. The first-order chi connectivity index (χ1) is 12.9. The van der Waals surface area contributed by atoms with Crippen LogP contribution in [0.2, 0.25) is 0 Å². The predicted octanol–water partition coefficient (Wildman–Crippen LogP) is 2.78. The standard InChI is InChI=1S/C20H28N2O4S/c1-14-2-5-18(13-19(14)27(24,25)22-6-8-26-9-7-22)21-20(23)12-17-11-15-3-4-16(17)10-15/h2,5,13,15-17H,3-4,6-12H2,1H3,(H,21,23)/t15-,16-,17-/m1/s1. The van der Waals surface area contributed by atoms with E-state index in [2.05, 4.69) is 5.32 Å². The number of sulfonamides is 1. The Bertz CT molecular complexity index is 817. The van der Waals surface area contributed by atoms with Gasteiger partial charge in [0.1, 0.15) is 0 Å². The molecule has 2 bridgehead atoms. The number of amides is 1. The van der Waals surface area contributed by atoms with Crippen molar-refractivity contribution in [1.82, 2.24) is 4.31 Å². The molecule has 4 rings (SSSR count). The molecular weight excluding hydrogens is 364 g/mol. The van der Waals surface area contributed by atoms with E-state index in [0.29, 0.717) is 55.8 Å². The summed E-state index contributed by atoms with van der Waals surface area (Å²) in [5.41, 5.74) is 1.24. The summed E-state index contributed by atoms with van der Waals surface area (Å²) >= 11 is 0. The summed E-state index contributed by atoms with van der Waals surface area (Å²) in [4.78, 5) is 12.8. The lowest BCUT2D eigenvalue weighted by molar-refractivity contribution is -0.117.